The predicted octanol–water partition coefficient (Wildman–Crippen LogP) is 2.31. The molecule has 1 unspecified atom stereocenters. The molecule has 1 aliphatic heterocycles. The maximum Gasteiger partial charge on any atom is 0.153 e. The highest BCUT2D eigenvalue weighted by Crippen LogP contribution is 2.26. The summed E-state index contributed by atoms with van der Waals surface area (Å²) in [5.41, 5.74) is 4.16. The van der Waals surface area contributed by atoms with E-state index in [0.717, 1.165) is 47.8 Å². The molecule has 1 aliphatic carbocycles. The molecule has 0 radical (unpaired) electrons. The lowest BCUT2D eigenvalue weighted by Gasteiger charge is -2.32. The molecule has 2 N–H and O–H groups in total. The molecule has 0 amide bonds. The molecule has 0 spiro atoms. The highest BCUT2D eigenvalue weighted by atomic mass is 16.5. The summed E-state index contributed by atoms with van der Waals surface area (Å²) < 4.78 is 5.17. The molecule has 1 atom stereocenters. The Balaban J connectivity index is 1.85. The van der Waals surface area contributed by atoms with E-state index in [2.05, 4.69) is 10.6 Å². The molecule has 0 aromatic heterocycles. The summed E-state index contributed by atoms with van der Waals surface area (Å²) >= 11 is 0. The Morgan fingerprint density at radius 3 is 2.73 bits per heavy atom. The van der Waals surface area contributed by atoms with Gasteiger partial charge in [0.1, 0.15) is 11.8 Å². The zero-order valence-corrected chi connectivity index (χ0v) is 13.0. The van der Waals surface area contributed by atoms with Gasteiger partial charge in [-0.2, -0.15) is 0 Å². The average Bonchev–Trinajstić information content (AvgIpc) is 2.55. The van der Waals surface area contributed by atoms with Gasteiger partial charge in [0.05, 0.1) is 24.2 Å². The van der Waals surface area contributed by atoms with Crippen molar-refractivity contribution in [2.45, 2.75) is 32.2 Å². The molecule has 0 saturated heterocycles. The van der Waals surface area contributed by atoms with Gasteiger partial charge < -0.3 is 15.4 Å². The fraction of sp³-hybridized carbons (Fsp3) is 0.412. The number of nitrogens with zero attached hydrogens (tertiary/aromatic N) is 1. The minimum Gasteiger partial charge on any atom is -0.497 e. The molecule has 1 aromatic carbocycles. The van der Waals surface area contributed by atoms with Crippen molar-refractivity contribution in [2.24, 2.45) is 4.99 Å². The summed E-state index contributed by atoms with van der Waals surface area (Å²) in [5.74, 6) is 0.993. The molecule has 0 bridgehead atoms. The molecular weight excluding hydrogens is 278 g/mol. The fourth-order valence-corrected chi connectivity index (χ4v) is 2.85. The smallest absolute Gasteiger partial charge is 0.153 e. The van der Waals surface area contributed by atoms with Crippen LogP contribution in [0.25, 0.3) is 0 Å². The van der Waals surface area contributed by atoms with E-state index >= 15 is 0 Å². The van der Waals surface area contributed by atoms with Gasteiger partial charge in [-0.3, -0.25) is 9.79 Å². The maximum atomic E-state index is 11.5. The van der Waals surface area contributed by atoms with Gasteiger partial charge in [0.15, 0.2) is 5.78 Å². The highest BCUT2D eigenvalue weighted by molar-refractivity contribution is 6.03. The number of carbonyl (C=O) groups is 1. The van der Waals surface area contributed by atoms with Crippen molar-refractivity contribution in [1.82, 2.24) is 10.6 Å². The van der Waals surface area contributed by atoms with Crippen LogP contribution >= 0.6 is 0 Å². The standard InChI is InChI=1S/C17H21N3O2/c1-11(21)16-10-18-17-14(4-3-5-15(17)20-16)19-12-6-8-13(22-2)9-7-12/h6-9,16,18,20H,3-5,10H2,1-2H3/b19-14+. The number of hydrogen-bond acceptors (Lipinski definition) is 5. The van der Waals surface area contributed by atoms with Crippen molar-refractivity contribution in [3.8, 4) is 5.75 Å². The second-order valence-electron chi connectivity index (χ2n) is 5.65. The summed E-state index contributed by atoms with van der Waals surface area (Å²) in [5, 5.41) is 6.74. The normalized spacial score (nSPS) is 22.6. The molecule has 116 valence electrons. The van der Waals surface area contributed by atoms with Gasteiger partial charge >= 0.3 is 0 Å². The van der Waals surface area contributed by atoms with E-state index in [1.165, 1.54) is 0 Å². The van der Waals surface area contributed by atoms with Crippen LogP contribution in [0.15, 0.2) is 40.7 Å². The Kier molecular flexibility index (Phi) is 4.13. The molecule has 5 heteroatoms. The van der Waals surface area contributed by atoms with E-state index in [9.17, 15) is 4.79 Å². The van der Waals surface area contributed by atoms with Crippen molar-refractivity contribution in [1.29, 1.82) is 0 Å². The van der Waals surface area contributed by atoms with Gasteiger partial charge in [-0.05, 0) is 50.5 Å². The minimum atomic E-state index is -0.126. The number of hydrogen-bond donors (Lipinski definition) is 2. The summed E-state index contributed by atoms with van der Waals surface area (Å²) in [6.07, 6.45) is 2.96. The zero-order chi connectivity index (χ0) is 15.5. The highest BCUT2D eigenvalue weighted by Gasteiger charge is 2.27. The first-order valence-electron chi connectivity index (χ1n) is 7.63. The minimum absolute atomic E-state index is 0.126. The van der Waals surface area contributed by atoms with Crippen LogP contribution < -0.4 is 15.4 Å². The largest absolute Gasteiger partial charge is 0.497 e. The van der Waals surface area contributed by atoms with Gasteiger partial charge in [0, 0.05) is 12.2 Å². The third-order valence-corrected chi connectivity index (χ3v) is 4.09. The lowest BCUT2D eigenvalue weighted by Crippen LogP contribution is -2.50. The van der Waals surface area contributed by atoms with Crippen molar-refractivity contribution in [3.05, 3.63) is 35.7 Å². The van der Waals surface area contributed by atoms with E-state index < -0.39 is 0 Å². The second kappa shape index (κ2) is 6.22. The zero-order valence-electron chi connectivity index (χ0n) is 13.0. The van der Waals surface area contributed by atoms with Crippen LogP contribution in [0, 0.1) is 0 Å². The number of nitrogens with one attached hydrogen (secondary N) is 2. The first kappa shape index (κ1) is 14.6. The lowest BCUT2D eigenvalue weighted by atomic mass is 9.95. The monoisotopic (exact) mass is 299 g/mol. The molecular formula is C17H21N3O2. The van der Waals surface area contributed by atoms with E-state index in [4.69, 9.17) is 9.73 Å². The van der Waals surface area contributed by atoms with Crippen molar-refractivity contribution >= 4 is 17.2 Å². The van der Waals surface area contributed by atoms with E-state index in [-0.39, 0.29) is 11.8 Å². The van der Waals surface area contributed by atoms with Crippen LogP contribution in [-0.4, -0.2) is 31.2 Å². The van der Waals surface area contributed by atoms with Crippen LogP contribution in [0.4, 0.5) is 5.69 Å². The number of ketones is 1. The van der Waals surface area contributed by atoms with Gasteiger partial charge in [-0.1, -0.05) is 0 Å². The number of ether oxygens (including phenoxy) is 1. The van der Waals surface area contributed by atoms with E-state index in [0.29, 0.717) is 6.54 Å². The van der Waals surface area contributed by atoms with Crippen molar-refractivity contribution in [2.75, 3.05) is 13.7 Å². The van der Waals surface area contributed by atoms with Crippen LogP contribution in [0.5, 0.6) is 5.75 Å². The number of benzene rings is 1. The topological polar surface area (TPSA) is 62.7 Å². The Bertz CT molecular complexity index is 632. The van der Waals surface area contributed by atoms with E-state index in [1.54, 1.807) is 14.0 Å². The molecule has 2 aliphatic rings. The van der Waals surface area contributed by atoms with Crippen LogP contribution in [0.1, 0.15) is 26.2 Å². The number of carbonyl (C=O) groups excluding carboxylic acids is 1. The molecule has 1 heterocycles. The summed E-state index contributed by atoms with van der Waals surface area (Å²) in [4.78, 5) is 16.3. The quantitative estimate of drug-likeness (QED) is 0.899. The lowest BCUT2D eigenvalue weighted by molar-refractivity contribution is -0.118. The molecule has 5 nitrogen and oxygen atoms in total. The molecule has 0 saturated carbocycles. The van der Waals surface area contributed by atoms with Crippen LogP contribution in [0.3, 0.4) is 0 Å². The molecule has 1 aromatic rings. The average molecular weight is 299 g/mol. The maximum absolute atomic E-state index is 11.5. The number of aliphatic imine (C=N–C) groups is 1. The van der Waals surface area contributed by atoms with Gasteiger partial charge in [-0.15, -0.1) is 0 Å². The third-order valence-electron chi connectivity index (χ3n) is 4.09. The number of rotatable bonds is 3. The Hall–Kier alpha value is -2.30. The number of allylic oxidation sites excluding steroid dienone is 2. The van der Waals surface area contributed by atoms with Gasteiger partial charge in [-0.25, -0.2) is 0 Å². The third kappa shape index (κ3) is 2.98. The second-order valence-corrected chi connectivity index (χ2v) is 5.65. The van der Waals surface area contributed by atoms with Crippen molar-refractivity contribution < 1.29 is 9.53 Å². The Morgan fingerprint density at radius 2 is 2.05 bits per heavy atom. The Morgan fingerprint density at radius 1 is 1.27 bits per heavy atom. The molecule has 22 heavy (non-hydrogen) atoms. The molecule has 0 fully saturated rings. The van der Waals surface area contributed by atoms with Gasteiger partial charge in [0.25, 0.3) is 0 Å². The van der Waals surface area contributed by atoms with Crippen LogP contribution in [0.2, 0.25) is 0 Å². The summed E-state index contributed by atoms with van der Waals surface area (Å²) in [6, 6.07) is 7.61. The van der Waals surface area contributed by atoms with Gasteiger partial charge in [0.2, 0.25) is 0 Å². The van der Waals surface area contributed by atoms with E-state index in [1.807, 2.05) is 24.3 Å². The summed E-state index contributed by atoms with van der Waals surface area (Å²) in [7, 11) is 1.65. The first-order chi connectivity index (χ1) is 10.7. The number of methoxy groups -OCH3 is 1. The van der Waals surface area contributed by atoms with Crippen LogP contribution in [-0.2, 0) is 4.79 Å². The molecule has 3 rings (SSSR count). The number of Topliss-reactive ketones (excluding diaryl/α,β-unsaturated/α-hetero) is 1. The Labute approximate surface area is 130 Å². The predicted molar refractivity (Wildman–Crippen MR) is 86.6 cm³/mol. The summed E-state index contributed by atoms with van der Waals surface area (Å²) in [6.45, 7) is 2.25. The SMILES string of the molecule is COc1ccc(/N=C2\CCCC3=C2NCC(C(C)=O)N3)cc1. The fourth-order valence-electron chi connectivity index (χ4n) is 2.85. The first-order valence-corrected chi connectivity index (χ1v) is 7.63. The van der Waals surface area contributed by atoms with Crippen molar-refractivity contribution in [3.63, 3.8) is 0 Å².